The van der Waals surface area contributed by atoms with Gasteiger partial charge in [0.25, 0.3) is 0 Å². The number of hydrogen-bond acceptors (Lipinski definition) is 4. The fraction of sp³-hybridized carbons (Fsp3) is 0.250. The number of para-hydroxylation sites is 1. The second kappa shape index (κ2) is 8.06. The summed E-state index contributed by atoms with van der Waals surface area (Å²) >= 11 is 7.24. The Labute approximate surface area is 133 Å². The molecule has 2 aromatic rings. The van der Waals surface area contributed by atoms with Gasteiger partial charge in [0.15, 0.2) is 0 Å². The Morgan fingerprint density at radius 2 is 2.14 bits per heavy atom. The summed E-state index contributed by atoms with van der Waals surface area (Å²) in [5, 5.41) is 13.3. The zero-order valence-corrected chi connectivity index (χ0v) is 13.0. The molecule has 1 aromatic heterocycles. The lowest BCUT2D eigenvalue weighted by molar-refractivity contribution is 0.178. The van der Waals surface area contributed by atoms with Crippen LogP contribution in [0.15, 0.2) is 36.4 Å². The van der Waals surface area contributed by atoms with Gasteiger partial charge in [-0.3, -0.25) is 0 Å². The van der Waals surface area contributed by atoms with Crippen LogP contribution in [0.4, 0.5) is 0 Å². The van der Waals surface area contributed by atoms with E-state index in [1.807, 2.05) is 30.3 Å². The molecule has 0 aliphatic heterocycles. The number of ether oxygens (including phenoxy) is 1. The minimum atomic E-state index is -0.568. The van der Waals surface area contributed by atoms with Crippen LogP contribution >= 0.6 is 22.9 Å². The van der Waals surface area contributed by atoms with E-state index < -0.39 is 6.10 Å². The monoisotopic (exact) mass is 321 g/mol. The van der Waals surface area contributed by atoms with E-state index in [0.717, 1.165) is 16.2 Å². The van der Waals surface area contributed by atoms with Crippen LogP contribution in [-0.4, -0.2) is 18.3 Å². The Morgan fingerprint density at radius 3 is 2.86 bits per heavy atom. The van der Waals surface area contributed by atoms with Crippen LogP contribution in [-0.2, 0) is 6.54 Å². The Kier molecular flexibility index (Phi) is 6.09. The maximum atomic E-state index is 10.1. The van der Waals surface area contributed by atoms with Crippen LogP contribution < -0.4 is 10.1 Å². The molecule has 0 spiro atoms. The summed E-state index contributed by atoms with van der Waals surface area (Å²) in [6.45, 7) is 1.28. The predicted octanol–water partition coefficient (Wildman–Crippen LogP) is 3.24. The lowest BCUT2D eigenvalue weighted by Gasteiger charge is -2.13. The summed E-state index contributed by atoms with van der Waals surface area (Å²) in [6, 6.07) is 11.3. The average molecular weight is 322 g/mol. The number of nitrogens with one attached hydrogen (secondary N) is 1. The highest BCUT2D eigenvalue weighted by atomic mass is 35.5. The molecule has 2 N–H and O–H groups in total. The molecular formula is C16H16ClNO2S. The van der Waals surface area contributed by atoms with E-state index in [4.69, 9.17) is 22.8 Å². The topological polar surface area (TPSA) is 41.5 Å². The van der Waals surface area contributed by atoms with E-state index in [1.54, 1.807) is 6.07 Å². The van der Waals surface area contributed by atoms with Crippen molar-refractivity contribution in [3.05, 3.63) is 51.2 Å². The summed E-state index contributed by atoms with van der Waals surface area (Å²) in [5.74, 6) is 3.21. The van der Waals surface area contributed by atoms with Gasteiger partial charge >= 0.3 is 0 Å². The molecule has 5 heteroatoms. The molecule has 2 rings (SSSR count). The lowest BCUT2D eigenvalue weighted by atomic mass is 10.2. The lowest BCUT2D eigenvalue weighted by Crippen LogP contribution is -2.20. The first-order valence-electron chi connectivity index (χ1n) is 6.49. The minimum absolute atomic E-state index is 0.243. The van der Waals surface area contributed by atoms with Crippen LogP contribution in [0.1, 0.15) is 16.5 Å². The largest absolute Gasteiger partial charge is 0.481 e. The van der Waals surface area contributed by atoms with Gasteiger partial charge in [-0.25, -0.2) is 0 Å². The number of thiophene rings is 1. The second-order valence-corrected chi connectivity index (χ2v) is 6.14. The molecule has 0 saturated heterocycles. The highest BCUT2D eigenvalue weighted by Gasteiger charge is 2.10. The first-order valence-corrected chi connectivity index (χ1v) is 7.68. The number of rotatable bonds is 7. The Hall–Kier alpha value is -1.51. The molecule has 1 atom stereocenters. The van der Waals surface area contributed by atoms with Gasteiger partial charge in [0.05, 0.1) is 4.34 Å². The third kappa shape index (κ3) is 4.76. The number of terminal acetylenes is 1. The first-order chi connectivity index (χ1) is 10.2. The molecule has 0 bridgehead atoms. The standard InChI is InChI=1S/C16H16ClNO2S/c1-2-9-20-14-6-4-3-5-12(14)10-18-11-13(19)15-7-8-16(17)21-15/h1,3-8,13,18-19H,9-11H2. The normalized spacial score (nSPS) is 11.9. The van der Waals surface area contributed by atoms with Crippen molar-refractivity contribution in [3.63, 3.8) is 0 Å². The first kappa shape index (κ1) is 15.9. The molecule has 1 heterocycles. The van der Waals surface area contributed by atoms with Crippen molar-refractivity contribution in [1.82, 2.24) is 5.32 Å². The summed E-state index contributed by atoms with van der Waals surface area (Å²) in [5.41, 5.74) is 1.00. The predicted molar refractivity (Wildman–Crippen MR) is 86.8 cm³/mol. The number of benzene rings is 1. The maximum Gasteiger partial charge on any atom is 0.148 e. The number of aliphatic hydroxyl groups is 1. The van der Waals surface area contributed by atoms with Crippen LogP contribution in [0, 0.1) is 12.3 Å². The fourth-order valence-corrected chi connectivity index (χ4v) is 2.91. The van der Waals surface area contributed by atoms with Gasteiger partial charge in [-0.1, -0.05) is 35.7 Å². The van der Waals surface area contributed by atoms with Crippen molar-refractivity contribution in [2.45, 2.75) is 12.6 Å². The molecule has 1 unspecified atom stereocenters. The summed E-state index contributed by atoms with van der Waals surface area (Å²) in [4.78, 5) is 0.851. The third-order valence-electron chi connectivity index (χ3n) is 2.86. The molecule has 3 nitrogen and oxygen atoms in total. The van der Waals surface area contributed by atoms with Gasteiger partial charge in [-0.2, -0.15) is 0 Å². The summed E-state index contributed by atoms with van der Waals surface area (Å²) in [6.07, 6.45) is 4.63. The van der Waals surface area contributed by atoms with Gasteiger partial charge in [0.1, 0.15) is 18.5 Å². The van der Waals surface area contributed by atoms with Gasteiger partial charge in [-0.15, -0.1) is 17.8 Å². The quantitative estimate of drug-likeness (QED) is 0.769. The van der Waals surface area contributed by atoms with Crippen LogP contribution in [0.5, 0.6) is 5.75 Å². The molecule has 1 aromatic carbocycles. The van der Waals surface area contributed by atoms with Crippen LogP contribution in [0.2, 0.25) is 4.34 Å². The molecule has 0 radical (unpaired) electrons. The van der Waals surface area contributed by atoms with Crippen molar-refractivity contribution in [2.24, 2.45) is 0 Å². The molecule has 0 aliphatic rings. The minimum Gasteiger partial charge on any atom is -0.481 e. The second-order valence-electron chi connectivity index (χ2n) is 4.39. The molecule has 0 saturated carbocycles. The smallest absolute Gasteiger partial charge is 0.148 e. The Balaban J connectivity index is 1.87. The molecule has 0 aliphatic carbocycles. The van der Waals surface area contributed by atoms with E-state index in [2.05, 4.69) is 11.2 Å². The Morgan fingerprint density at radius 1 is 1.33 bits per heavy atom. The van der Waals surface area contributed by atoms with Crippen molar-refractivity contribution in [2.75, 3.05) is 13.2 Å². The number of aliphatic hydroxyl groups excluding tert-OH is 1. The SMILES string of the molecule is C#CCOc1ccccc1CNCC(O)c1ccc(Cl)s1. The van der Waals surface area contributed by atoms with Crippen molar-refractivity contribution in [3.8, 4) is 18.1 Å². The average Bonchev–Trinajstić information content (AvgIpc) is 2.93. The van der Waals surface area contributed by atoms with Crippen molar-refractivity contribution in [1.29, 1.82) is 0 Å². The number of halogens is 1. The number of hydrogen-bond donors (Lipinski definition) is 2. The molecule has 110 valence electrons. The summed E-state index contributed by atoms with van der Waals surface area (Å²) < 4.78 is 6.16. The van der Waals surface area contributed by atoms with Gasteiger partial charge in [-0.05, 0) is 18.2 Å². The molecular weight excluding hydrogens is 306 g/mol. The molecule has 21 heavy (non-hydrogen) atoms. The van der Waals surface area contributed by atoms with E-state index in [1.165, 1.54) is 11.3 Å². The van der Waals surface area contributed by atoms with E-state index in [9.17, 15) is 5.11 Å². The summed E-state index contributed by atoms with van der Waals surface area (Å²) in [7, 11) is 0. The zero-order valence-electron chi connectivity index (χ0n) is 11.4. The van der Waals surface area contributed by atoms with Gasteiger partial charge in [0.2, 0.25) is 0 Å². The van der Waals surface area contributed by atoms with Gasteiger partial charge < -0.3 is 15.2 Å². The van der Waals surface area contributed by atoms with Crippen LogP contribution in [0.25, 0.3) is 0 Å². The third-order valence-corrected chi connectivity index (χ3v) is 4.19. The van der Waals surface area contributed by atoms with E-state index >= 15 is 0 Å². The molecule has 0 amide bonds. The highest BCUT2D eigenvalue weighted by molar-refractivity contribution is 7.16. The van der Waals surface area contributed by atoms with Crippen molar-refractivity contribution >= 4 is 22.9 Å². The Bertz CT molecular complexity index is 621. The zero-order chi connectivity index (χ0) is 15.1. The van der Waals surface area contributed by atoms with E-state index in [0.29, 0.717) is 17.4 Å². The maximum absolute atomic E-state index is 10.1. The fourth-order valence-electron chi connectivity index (χ4n) is 1.86. The van der Waals surface area contributed by atoms with E-state index in [-0.39, 0.29) is 6.61 Å². The highest BCUT2D eigenvalue weighted by Crippen LogP contribution is 2.26. The van der Waals surface area contributed by atoms with Gasteiger partial charge in [0, 0.05) is 23.5 Å². The van der Waals surface area contributed by atoms with Crippen molar-refractivity contribution < 1.29 is 9.84 Å². The van der Waals surface area contributed by atoms with Crippen LogP contribution in [0.3, 0.4) is 0 Å². The molecule has 0 fully saturated rings.